The van der Waals surface area contributed by atoms with Gasteiger partial charge in [-0.05, 0) is 25.1 Å². The van der Waals surface area contributed by atoms with Crippen molar-refractivity contribution in [3.63, 3.8) is 0 Å². The summed E-state index contributed by atoms with van der Waals surface area (Å²) in [5.41, 5.74) is 1.62. The molecule has 0 radical (unpaired) electrons. The van der Waals surface area contributed by atoms with Crippen molar-refractivity contribution >= 4 is 0 Å². The Kier molecular flexibility index (Phi) is 3.59. The second-order valence-corrected chi connectivity index (χ2v) is 5.33. The van der Waals surface area contributed by atoms with Crippen LogP contribution in [0.15, 0.2) is 42.6 Å². The number of halogens is 1. The third-order valence-electron chi connectivity index (χ3n) is 4.14. The molecule has 3 rings (SSSR count). The summed E-state index contributed by atoms with van der Waals surface area (Å²) < 4.78 is 15.9. The molecular formula is C16H19FN2O. The number of hydrogen-bond donors (Lipinski definition) is 1. The van der Waals surface area contributed by atoms with Gasteiger partial charge in [0.15, 0.2) is 0 Å². The predicted molar refractivity (Wildman–Crippen MR) is 75.8 cm³/mol. The van der Waals surface area contributed by atoms with Crippen LogP contribution in [0.25, 0.3) is 0 Å². The molecule has 2 unspecified atom stereocenters. The minimum absolute atomic E-state index is 0.236. The summed E-state index contributed by atoms with van der Waals surface area (Å²) in [5.74, 6) is -0.340. The fraction of sp³-hybridized carbons (Fsp3) is 0.375. The van der Waals surface area contributed by atoms with Crippen molar-refractivity contribution in [3.05, 3.63) is 59.7 Å². The zero-order valence-corrected chi connectivity index (χ0v) is 11.5. The minimum atomic E-state index is -0.792. The van der Waals surface area contributed by atoms with E-state index in [1.165, 1.54) is 11.8 Å². The lowest BCUT2D eigenvalue weighted by Crippen LogP contribution is -2.39. The summed E-state index contributed by atoms with van der Waals surface area (Å²) in [4.78, 5) is 2.20. The van der Waals surface area contributed by atoms with E-state index in [0.29, 0.717) is 12.1 Å². The van der Waals surface area contributed by atoms with Gasteiger partial charge in [-0.2, -0.15) is 0 Å². The van der Waals surface area contributed by atoms with Gasteiger partial charge in [-0.3, -0.25) is 4.90 Å². The first-order chi connectivity index (χ1) is 9.66. The first kappa shape index (κ1) is 13.3. The number of aliphatic hydroxyl groups is 1. The average molecular weight is 274 g/mol. The highest BCUT2D eigenvalue weighted by Crippen LogP contribution is 2.28. The molecule has 0 aliphatic carbocycles. The van der Waals surface area contributed by atoms with Crippen LogP contribution in [0.3, 0.4) is 0 Å². The number of hydrogen-bond acceptors (Lipinski definition) is 2. The van der Waals surface area contributed by atoms with Crippen molar-refractivity contribution in [2.24, 2.45) is 0 Å². The summed E-state index contributed by atoms with van der Waals surface area (Å²) in [5, 5.41) is 10.3. The van der Waals surface area contributed by atoms with Crippen molar-refractivity contribution in [1.29, 1.82) is 0 Å². The smallest absolute Gasteiger partial charge is 0.129 e. The van der Waals surface area contributed by atoms with Crippen LogP contribution in [0.1, 0.15) is 30.3 Å². The van der Waals surface area contributed by atoms with Gasteiger partial charge >= 0.3 is 0 Å². The molecule has 0 saturated heterocycles. The Labute approximate surface area is 118 Å². The van der Waals surface area contributed by atoms with Gasteiger partial charge in [-0.25, -0.2) is 4.39 Å². The van der Waals surface area contributed by atoms with E-state index in [0.717, 1.165) is 13.1 Å². The lowest BCUT2D eigenvalue weighted by atomic mass is 10.1. The first-order valence-corrected chi connectivity index (χ1v) is 6.98. The molecule has 1 N–H and O–H groups in total. The van der Waals surface area contributed by atoms with Crippen molar-refractivity contribution in [2.75, 3.05) is 13.1 Å². The molecule has 106 valence electrons. The largest absolute Gasteiger partial charge is 0.387 e. The fourth-order valence-electron chi connectivity index (χ4n) is 2.94. The van der Waals surface area contributed by atoms with Crippen LogP contribution in [0.4, 0.5) is 4.39 Å². The lowest BCUT2D eigenvalue weighted by molar-refractivity contribution is 0.0740. The maximum Gasteiger partial charge on any atom is 0.129 e. The quantitative estimate of drug-likeness (QED) is 0.932. The molecule has 2 aromatic rings. The van der Waals surface area contributed by atoms with Gasteiger partial charge < -0.3 is 9.67 Å². The van der Waals surface area contributed by atoms with Gasteiger partial charge in [-0.15, -0.1) is 0 Å². The molecule has 2 heterocycles. The molecule has 4 heteroatoms. The van der Waals surface area contributed by atoms with Crippen LogP contribution in [0.5, 0.6) is 0 Å². The molecule has 1 aromatic carbocycles. The second kappa shape index (κ2) is 5.38. The molecule has 1 aliphatic rings. The molecule has 2 atom stereocenters. The maximum atomic E-state index is 13.7. The van der Waals surface area contributed by atoms with E-state index in [4.69, 9.17) is 0 Å². The maximum absolute atomic E-state index is 13.7. The Hall–Kier alpha value is -1.65. The van der Waals surface area contributed by atoms with Crippen LogP contribution < -0.4 is 0 Å². The fourth-order valence-corrected chi connectivity index (χ4v) is 2.94. The molecule has 0 fully saturated rings. The number of β-amino-alcohol motifs (C(OH)–C–C–N with tert-alkyl or cyclic N) is 1. The van der Waals surface area contributed by atoms with Gasteiger partial charge in [0, 0.05) is 43.1 Å². The monoisotopic (exact) mass is 274 g/mol. The van der Waals surface area contributed by atoms with Crippen molar-refractivity contribution in [3.8, 4) is 0 Å². The van der Waals surface area contributed by atoms with Crippen LogP contribution >= 0.6 is 0 Å². The number of rotatable bonds is 3. The number of aromatic nitrogens is 1. The third kappa shape index (κ3) is 2.37. The van der Waals surface area contributed by atoms with Crippen LogP contribution in [-0.2, 0) is 6.54 Å². The van der Waals surface area contributed by atoms with Crippen LogP contribution in [-0.4, -0.2) is 27.7 Å². The summed E-state index contributed by atoms with van der Waals surface area (Å²) in [7, 11) is 0. The average Bonchev–Trinajstić information content (AvgIpc) is 2.91. The highest BCUT2D eigenvalue weighted by Gasteiger charge is 2.26. The molecule has 0 spiro atoms. The highest BCUT2D eigenvalue weighted by atomic mass is 19.1. The lowest BCUT2D eigenvalue weighted by Gasteiger charge is -2.36. The molecule has 1 aliphatic heterocycles. The van der Waals surface area contributed by atoms with E-state index in [1.807, 2.05) is 6.07 Å². The number of nitrogens with zero attached hydrogens (tertiary/aromatic N) is 2. The van der Waals surface area contributed by atoms with E-state index in [-0.39, 0.29) is 11.9 Å². The van der Waals surface area contributed by atoms with Crippen molar-refractivity contribution < 1.29 is 9.50 Å². The van der Waals surface area contributed by atoms with Gasteiger partial charge in [-0.1, -0.05) is 18.2 Å². The zero-order valence-electron chi connectivity index (χ0n) is 11.5. The summed E-state index contributed by atoms with van der Waals surface area (Å²) in [6.07, 6.45) is 1.29. The Balaban J connectivity index is 1.74. The van der Waals surface area contributed by atoms with E-state index < -0.39 is 6.10 Å². The minimum Gasteiger partial charge on any atom is -0.387 e. The van der Waals surface area contributed by atoms with E-state index >= 15 is 0 Å². The molecule has 0 saturated carbocycles. The summed E-state index contributed by atoms with van der Waals surface area (Å²) in [6, 6.07) is 10.8. The molecule has 0 amide bonds. The van der Waals surface area contributed by atoms with Crippen LogP contribution in [0, 0.1) is 5.82 Å². The van der Waals surface area contributed by atoms with Crippen molar-refractivity contribution in [2.45, 2.75) is 25.6 Å². The van der Waals surface area contributed by atoms with E-state index in [9.17, 15) is 9.50 Å². The molecule has 0 bridgehead atoms. The zero-order chi connectivity index (χ0) is 14.1. The number of benzene rings is 1. The van der Waals surface area contributed by atoms with Gasteiger partial charge in [0.2, 0.25) is 0 Å². The molecule has 3 nitrogen and oxygen atoms in total. The Morgan fingerprint density at radius 3 is 2.85 bits per heavy atom. The predicted octanol–water partition coefficient (Wildman–Crippen LogP) is 2.74. The first-order valence-electron chi connectivity index (χ1n) is 6.98. The Morgan fingerprint density at radius 1 is 1.25 bits per heavy atom. The topological polar surface area (TPSA) is 28.4 Å². The third-order valence-corrected chi connectivity index (χ3v) is 4.14. The number of aliphatic hydroxyl groups excluding tert-OH is 1. The summed E-state index contributed by atoms with van der Waals surface area (Å²) >= 11 is 0. The normalized spacial score (nSPS) is 20.6. The molecule has 1 aromatic heterocycles. The van der Waals surface area contributed by atoms with E-state index in [1.54, 1.807) is 18.2 Å². The highest BCUT2D eigenvalue weighted by molar-refractivity contribution is 5.20. The second-order valence-electron chi connectivity index (χ2n) is 5.33. The van der Waals surface area contributed by atoms with Crippen LogP contribution in [0.2, 0.25) is 0 Å². The standard InChI is InChI=1S/C16H19FN2O/c1-12-15-7-4-8-18(15)9-10-19(12)11-16(20)13-5-2-3-6-14(13)17/h2-8,12,16,20H,9-11H2,1H3. The van der Waals surface area contributed by atoms with Gasteiger partial charge in [0.05, 0.1) is 6.10 Å². The summed E-state index contributed by atoms with van der Waals surface area (Å²) in [6.45, 7) is 4.36. The Morgan fingerprint density at radius 2 is 2.05 bits per heavy atom. The Bertz CT molecular complexity index is 596. The molecule has 20 heavy (non-hydrogen) atoms. The van der Waals surface area contributed by atoms with Crippen molar-refractivity contribution in [1.82, 2.24) is 9.47 Å². The molecular weight excluding hydrogens is 255 g/mol. The van der Waals surface area contributed by atoms with Gasteiger partial charge in [0.1, 0.15) is 5.82 Å². The number of fused-ring (bicyclic) bond motifs is 1. The SMILES string of the molecule is CC1c2cccn2CCN1CC(O)c1ccccc1F. The van der Waals surface area contributed by atoms with E-state index in [2.05, 4.69) is 28.7 Å². The van der Waals surface area contributed by atoms with Gasteiger partial charge in [0.25, 0.3) is 0 Å².